The van der Waals surface area contributed by atoms with E-state index in [2.05, 4.69) is 10.4 Å². The van der Waals surface area contributed by atoms with E-state index in [-0.39, 0.29) is 11.9 Å². The van der Waals surface area contributed by atoms with E-state index in [4.69, 9.17) is 4.74 Å². The highest BCUT2D eigenvalue weighted by molar-refractivity contribution is 5.38. The molecule has 4 nitrogen and oxygen atoms in total. The fraction of sp³-hybridized carbons (Fsp3) is 0.357. The fourth-order valence-corrected chi connectivity index (χ4v) is 2.22. The maximum absolute atomic E-state index is 14.1. The van der Waals surface area contributed by atoms with E-state index in [0.717, 1.165) is 11.3 Å². The van der Waals surface area contributed by atoms with Crippen molar-refractivity contribution in [1.29, 1.82) is 0 Å². The van der Waals surface area contributed by atoms with Gasteiger partial charge in [-0.2, -0.15) is 5.10 Å². The Balaban J connectivity index is 2.52. The third kappa shape index (κ3) is 2.46. The molecule has 2 rings (SSSR count). The SMILES string of the molecule is CNC(c1ccc(C)cc1F)c1c(OC)cnn1C. The van der Waals surface area contributed by atoms with Gasteiger partial charge in [0.2, 0.25) is 0 Å². The van der Waals surface area contributed by atoms with Gasteiger partial charge in [0.15, 0.2) is 5.75 Å². The second-order valence-corrected chi connectivity index (χ2v) is 4.47. The summed E-state index contributed by atoms with van der Waals surface area (Å²) in [6.45, 7) is 1.87. The summed E-state index contributed by atoms with van der Waals surface area (Å²) in [4.78, 5) is 0. The number of nitrogens with zero attached hydrogens (tertiary/aromatic N) is 2. The van der Waals surface area contributed by atoms with Crippen LogP contribution in [0.4, 0.5) is 4.39 Å². The standard InChI is InChI=1S/C14H18FN3O/c1-9-5-6-10(11(15)7-9)13(16-2)14-12(19-4)8-17-18(14)3/h5-8,13,16H,1-4H3. The van der Waals surface area contributed by atoms with E-state index >= 15 is 0 Å². The Morgan fingerprint density at radius 3 is 2.74 bits per heavy atom. The molecule has 102 valence electrons. The van der Waals surface area contributed by atoms with Gasteiger partial charge in [-0.1, -0.05) is 12.1 Å². The molecule has 1 heterocycles. The lowest BCUT2D eigenvalue weighted by atomic mass is 10.0. The molecule has 1 atom stereocenters. The molecule has 0 aliphatic carbocycles. The van der Waals surface area contributed by atoms with E-state index in [1.807, 2.05) is 20.0 Å². The van der Waals surface area contributed by atoms with Crippen LogP contribution in [-0.2, 0) is 7.05 Å². The van der Waals surface area contributed by atoms with E-state index in [1.165, 1.54) is 6.07 Å². The normalized spacial score (nSPS) is 12.5. The number of hydrogen-bond acceptors (Lipinski definition) is 3. The first kappa shape index (κ1) is 13.5. The minimum absolute atomic E-state index is 0.234. The van der Waals surface area contributed by atoms with Crippen LogP contribution in [0.5, 0.6) is 5.75 Å². The van der Waals surface area contributed by atoms with Crippen LogP contribution < -0.4 is 10.1 Å². The average Bonchev–Trinajstić information content (AvgIpc) is 2.74. The third-order valence-electron chi connectivity index (χ3n) is 3.20. The predicted molar refractivity (Wildman–Crippen MR) is 71.8 cm³/mol. The highest BCUT2D eigenvalue weighted by atomic mass is 19.1. The van der Waals surface area contributed by atoms with Crippen molar-refractivity contribution in [2.75, 3.05) is 14.2 Å². The zero-order valence-corrected chi connectivity index (χ0v) is 11.6. The van der Waals surface area contributed by atoms with Gasteiger partial charge >= 0.3 is 0 Å². The fourth-order valence-electron chi connectivity index (χ4n) is 2.22. The number of hydrogen-bond donors (Lipinski definition) is 1. The van der Waals surface area contributed by atoms with Crippen molar-refractivity contribution in [1.82, 2.24) is 15.1 Å². The number of ether oxygens (including phenoxy) is 1. The minimum Gasteiger partial charge on any atom is -0.493 e. The molecule has 5 heteroatoms. The van der Waals surface area contributed by atoms with Crippen molar-refractivity contribution in [3.05, 3.63) is 47.0 Å². The second kappa shape index (κ2) is 5.40. The van der Waals surface area contributed by atoms with Gasteiger partial charge in [-0.25, -0.2) is 4.39 Å². The number of rotatable bonds is 4. The molecule has 0 bridgehead atoms. The quantitative estimate of drug-likeness (QED) is 0.919. The lowest BCUT2D eigenvalue weighted by Gasteiger charge is -2.19. The van der Waals surface area contributed by atoms with Gasteiger partial charge in [0, 0.05) is 12.6 Å². The van der Waals surface area contributed by atoms with Crippen molar-refractivity contribution in [2.45, 2.75) is 13.0 Å². The van der Waals surface area contributed by atoms with Crippen molar-refractivity contribution in [2.24, 2.45) is 7.05 Å². The number of aryl methyl sites for hydroxylation is 2. The number of aromatic nitrogens is 2. The monoisotopic (exact) mass is 263 g/mol. The lowest BCUT2D eigenvalue weighted by Crippen LogP contribution is -2.22. The van der Waals surface area contributed by atoms with Crippen LogP contribution in [0.2, 0.25) is 0 Å². The molecule has 1 N–H and O–H groups in total. The van der Waals surface area contributed by atoms with Crippen molar-refractivity contribution in [3.63, 3.8) is 0 Å². The summed E-state index contributed by atoms with van der Waals surface area (Å²) in [6, 6.07) is 4.91. The number of halogens is 1. The van der Waals surface area contributed by atoms with Crippen molar-refractivity contribution < 1.29 is 9.13 Å². The van der Waals surface area contributed by atoms with E-state index in [9.17, 15) is 4.39 Å². The van der Waals surface area contributed by atoms with Crippen molar-refractivity contribution >= 4 is 0 Å². The molecule has 0 saturated carbocycles. The molecule has 0 fully saturated rings. The Labute approximate surface area is 112 Å². The Morgan fingerprint density at radius 1 is 1.42 bits per heavy atom. The molecule has 1 aromatic heterocycles. The average molecular weight is 263 g/mol. The van der Waals surface area contributed by atoms with Gasteiger partial charge in [-0.15, -0.1) is 0 Å². The van der Waals surface area contributed by atoms with Crippen LogP contribution in [0.3, 0.4) is 0 Å². The first-order chi connectivity index (χ1) is 9.08. The van der Waals surface area contributed by atoms with Crippen LogP contribution >= 0.6 is 0 Å². The van der Waals surface area contributed by atoms with Gasteiger partial charge < -0.3 is 10.1 Å². The highest BCUT2D eigenvalue weighted by Gasteiger charge is 2.23. The van der Waals surface area contributed by atoms with E-state index in [1.54, 1.807) is 31.1 Å². The Hall–Kier alpha value is -1.88. The van der Waals surface area contributed by atoms with Gasteiger partial charge in [-0.3, -0.25) is 4.68 Å². The number of methoxy groups -OCH3 is 1. The molecule has 1 aromatic carbocycles. The molecule has 0 aliphatic rings. The number of benzene rings is 1. The molecule has 0 spiro atoms. The Bertz CT molecular complexity index is 580. The largest absolute Gasteiger partial charge is 0.493 e. The highest BCUT2D eigenvalue weighted by Crippen LogP contribution is 2.30. The van der Waals surface area contributed by atoms with Crippen LogP contribution in [0.25, 0.3) is 0 Å². The number of nitrogens with one attached hydrogen (secondary N) is 1. The van der Waals surface area contributed by atoms with Gasteiger partial charge in [-0.05, 0) is 25.6 Å². The van der Waals surface area contributed by atoms with E-state index in [0.29, 0.717) is 11.3 Å². The van der Waals surface area contributed by atoms with Gasteiger partial charge in [0.05, 0.1) is 19.3 Å². The second-order valence-electron chi connectivity index (χ2n) is 4.47. The third-order valence-corrected chi connectivity index (χ3v) is 3.20. The van der Waals surface area contributed by atoms with Crippen LogP contribution in [0, 0.1) is 12.7 Å². The van der Waals surface area contributed by atoms with Crippen LogP contribution in [-0.4, -0.2) is 23.9 Å². The molecule has 0 saturated heterocycles. The van der Waals surface area contributed by atoms with Crippen LogP contribution in [0.15, 0.2) is 24.4 Å². The first-order valence-electron chi connectivity index (χ1n) is 6.07. The zero-order valence-electron chi connectivity index (χ0n) is 11.6. The first-order valence-corrected chi connectivity index (χ1v) is 6.07. The van der Waals surface area contributed by atoms with Gasteiger partial charge in [0.25, 0.3) is 0 Å². The Kier molecular flexibility index (Phi) is 3.85. The van der Waals surface area contributed by atoms with Crippen LogP contribution in [0.1, 0.15) is 22.9 Å². The molecule has 0 aliphatic heterocycles. The maximum Gasteiger partial charge on any atom is 0.161 e. The summed E-state index contributed by atoms with van der Waals surface area (Å²) < 4.78 is 21.1. The Morgan fingerprint density at radius 2 is 2.16 bits per heavy atom. The summed E-state index contributed by atoms with van der Waals surface area (Å²) in [5.41, 5.74) is 2.27. The van der Waals surface area contributed by atoms with Gasteiger partial charge in [0.1, 0.15) is 11.5 Å². The zero-order chi connectivity index (χ0) is 14.0. The predicted octanol–water partition coefficient (Wildman–Crippen LogP) is 2.19. The summed E-state index contributed by atoms with van der Waals surface area (Å²) in [5, 5.41) is 7.27. The lowest BCUT2D eigenvalue weighted by molar-refractivity contribution is 0.401. The summed E-state index contributed by atoms with van der Waals surface area (Å²) in [6.07, 6.45) is 1.63. The molecule has 0 radical (unpaired) electrons. The summed E-state index contributed by atoms with van der Waals surface area (Å²) in [7, 11) is 5.18. The van der Waals surface area contributed by atoms with E-state index < -0.39 is 0 Å². The molecule has 2 aromatic rings. The van der Waals surface area contributed by atoms with Crippen molar-refractivity contribution in [3.8, 4) is 5.75 Å². The minimum atomic E-state index is -0.303. The maximum atomic E-state index is 14.1. The summed E-state index contributed by atoms with van der Waals surface area (Å²) >= 11 is 0. The summed E-state index contributed by atoms with van der Waals surface area (Å²) in [5.74, 6) is 0.407. The smallest absolute Gasteiger partial charge is 0.161 e. The topological polar surface area (TPSA) is 39.1 Å². The molecular formula is C14H18FN3O. The molecule has 0 amide bonds. The molecule has 1 unspecified atom stereocenters. The molecule has 19 heavy (non-hydrogen) atoms. The molecular weight excluding hydrogens is 245 g/mol.